The normalized spacial score (nSPS) is 11.4. The lowest BCUT2D eigenvalue weighted by atomic mass is 9.99. The van der Waals surface area contributed by atoms with Gasteiger partial charge in [0.15, 0.2) is 6.20 Å². The summed E-state index contributed by atoms with van der Waals surface area (Å²) in [5.41, 5.74) is 5.88. The molecule has 0 aliphatic rings. The van der Waals surface area contributed by atoms with Crippen LogP contribution in [0.25, 0.3) is 27.9 Å². The number of rotatable bonds is 1. The average molecular weight is 289 g/mol. The number of aryl methyl sites for hydroxylation is 3. The van der Waals surface area contributed by atoms with Gasteiger partial charge in [-0.15, -0.1) is 0 Å². The van der Waals surface area contributed by atoms with Crippen molar-refractivity contribution in [1.82, 2.24) is 14.4 Å². The third-order valence-electron chi connectivity index (χ3n) is 4.11. The summed E-state index contributed by atoms with van der Waals surface area (Å²) in [4.78, 5) is 8.92. The van der Waals surface area contributed by atoms with E-state index >= 15 is 0 Å². The van der Waals surface area contributed by atoms with Crippen LogP contribution in [0.2, 0.25) is 0 Å². The molecule has 4 rings (SSSR count). The Kier molecular flexibility index (Phi) is 2.73. The van der Waals surface area contributed by atoms with Crippen molar-refractivity contribution in [2.75, 3.05) is 0 Å². The molecule has 4 aromatic rings. The maximum atomic E-state index is 4.65. The Morgan fingerprint density at radius 1 is 1.09 bits per heavy atom. The van der Waals surface area contributed by atoms with E-state index in [1.165, 1.54) is 22.4 Å². The fourth-order valence-corrected chi connectivity index (χ4v) is 3.03. The maximum absolute atomic E-state index is 4.65. The molecule has 0 fully saturated rings. The smallest absolute Gasteiger partial charge is 0.234 e. The zero-order chi connectivity index (χ0) is 15.3. The highest BCUT2D eigenvalue weighted by Gasteiger charge is 2.17. The fourth-order valence-electron chi connectivity index (χ4n) is 3.03. The Morgan fingerprint density at radius 3 is 2.77 bits per heavy atom. The van der Waals surface area contributed by atoms with Gasteiger partial charge in [-0.25, -0.2) is 14.5 Å². The predicted octanol–water partition coefficient (Wildman–Crippen LogP) is 2.99. The van der Waals surface area contributed by atoms with E-state index in [1.807, 2.05) is 10.6 Å². The zero-order valence-electron chi connectivity index (χ0n) is 12.9. The minimum absolute atomic E-state index is 0.732. The first kappa shape index (κ1) is 13.0. The predicted molar refractivity (Wildman–Crippen MR) is 86.6 cm³/mol. The molecule has 0 unspecified atom stereocenters. The van der Waals surface area contributed by atoms with Gasteiger partial charge in [0.1, 0.15) is 7.05 Å². The first-order valence-electron chi connectivity index (χ1n) is 7.33. The highest BCUT2D eigenvalue weighted by atomic mass is 15.1. The highest BCUT2D eigenvalue weighted by molar-refractivity contribution is 5.95. The largest absolute Gasteiger partial charge is 0.291 e. The van der Waals surface area contributed by atoms with Crippen molar-refractivity contribution < 1.29 is 4.57 Å². The molecule has 0 aliphatic carbocycles. The Morgan fingerprint density at radius 2 is 1.95 bits per heavy atom. The van der Waals surface area contributed by atoms with Crippen molar-refractivity contribution in [3.8, 4) is 11.3 Å². The third-order valence-corrected chi connectivity index (χ3v) is 4.11. The summed E-state index contributed by atoms with van der Waals surface area (Å²) >= 11 is 0. The summed E-state index contributed by atoms with van der Waals surface area (Å²) in [6, 6.07) is 8.52. The van der Waals surface area contributed by atoms with Crippen LogP contribution in [-0.2, 0) is 7.05 Å². The number of nitrogens with zero attached hydrogens (tertiary/aromatic N) is 4. The molecular formula is C18H17N4+. The van der Waals surface area contributed by atoms with Gasteiger partial charge in [-0.2, -0.15) is 0 Å². The molecule has 22 heavy (non-hydrogen) atoms. The van der Waals surface area contributed by atoms with Gasteiger partial charge in [0.25, 0.3) is 0 Å². The van der Waals surface area contributed by atoms with E-state index < -0.39 is 0 Å². The minimum Gasteiger partial charge on any atom is -0.291 e. The molecule has 4 nitrogen and oxygen atoms in total. The Balaban J connectivity index is 2.12. The van der Waals surface area contributed by atoms with E-state index in [1.54, 1.807) is 6.20 Å². The second kappa shape index (κ2) is 4.63. The molecule has 0 aliphatic heterocycles. The van der Waals surface area contributed by atoms with E-state index in [0.29, 0.717) is 0 Å². The van der Waals surface area contributed by atoms with E-state index in [9.17, 15) is 0 Å². The second-order valence-corrected chi connectivity index (χ2v) is 5.77. The number of pyridine rings is 1. The molecule has 0 saturated heterocycles. The van der Waals surface area contributed by atoms with Crippen LogP contribution in [-0.4, -0.2) is 14.4 Å². The van der Waals surface area contributed by atoms with Crippen LogP contribution in [0, 0.1) is 13.8 Å². The van der Waals surface area contributed by atoms with Gasteiger partial charge in [-0.05, 0) is 31.5 Å². The Labute approximate surface area is 128 Å². The SMILES string of the molecule is Cc1ccc(-c2c(C)ccc3nc4nccn4cc23)[n+](C)c1. The average Bonchev–Trinajstić information content (AvgIpc) is 2.94. The number of fused-ring (bicyclic) bond motifs is 2. The van der Waals surface area contributed by atoms with Crippen molar-refractivity contribution in [1.29, 1.82) is 0 Å². The molecule has 108 valence electrons. The zero-order valence-corrected chi connectivity index (χ0v) is 12.9. The van der Waals surface area contributed by atoms with Crippen molar-refractivity contribution >= 4 is 16.7 Å². The Bertz CT molecular complexity index is 1010. The van der Waals surface area contributed by atoms with Gasteiger partial charge >= 0.3 is 0 Å². The molecule has 0 N–H and O–H groups in total. The first-order chi connectivity index (χ1) is 10.6. The Hall–Kier alpha value is -2.75. The molecule has 0 bridgehead atoms. The van der Waals surface area contributed by atoms with Gasteiger partial charge < -0.3 is 0 Å². The van der Waals surface area contributed by atoms with Crippen LogP contribution in [0.5, 0.6) is 0 Å². The van der Waals surface area contributed by atoms with E-state index in [4.69, 9.17) is 0 Å². The summed E-state index contributed by atoms with van der Waals surface area (Å²) in [5, 5.41) is 1.14. The lowest BCUT2D eigenvalue weighted by Crippen LogP contribution is -2.31. The molecule has 1 aromatic carbocycles. The topological polar surface area (TPSA) is 34.1 Å². The summed E-state index contributed by atoms with van der Waals surface area (Å²) in [6.07, 6.45) is 7.98. The molecule has 3 aromatic heterocycles. The summed E-state index contributed by atoms with van der Waals surface area (Å²) in [7, 11) is 2.09. The van der Waals surface area contributed by atoms with Crippen LogP contribution in [0.1, 0.15) is 11.1 Å². The minimum atomic E-state index is 0.732. The number of hydrogen-bond donors (Lipinski definition) is 0. The van der Waals surface area contributed by atoms with Gasteiger partial charge in [-0.1, -0.05) is 6.07 Å². The van der Waals surface area contributed by atoms with Crippen molar-refractivity contribution in [3.63, 3.8) is 0 Å². The lowest BCUT2D eigenvalue weighted by Gasteiger charge is -2.09. The first-order valence-corrected chi connectivity index (χ1v) is 7.33. The standard InChI is InChI=1S/C18H17N4/c1-12-4-7-16(21(3)10-12)17-13(2)5-6-15-14(17)11-22-9-8-19-18(22)20-15/h4-11H,1-3H3/q+1. The number of imidazole rings is 1. The molecule has 0 amide bonds. The molecule has 0 atom stereocenters. The van der Waals surface area contributed by atoms with E-state index in [0.717, 1.165) is 16.7 Å². The van der Waals surface area contributed by atoms with Crippen LogP contribution in [0.15, 0.2) is 49.1 Å². The van der Waals surface area contributed by atoms with Crippen LogP contribution in [0.4, 0.5) is 0 Å². The molecular weight excluding hydrogens is 272 g/mol. The van der Waals surface area contributed by atoms with Gasteiger partial charge in [-0.3, -0.25) is 4.40 Å². The fraction of sp³-hybridized carbons (Fsp3) is 0.167. The van der Waals surface area contributed by atoms with Crippen LogP contribution in [0.3, 0.4) is 0 Å². The third kappa shape index (κ3) is 1.88. The highest BCUT2D eigenvalue weighted by Crippen LogP contribution is 2.29. The molecule has 0 radical (unpaired) electrons. The van der Waals surface area contributed by atoms with Crippen LogP contribution >= 0.6 is 0 Å². The monoisotopic (exact) mass is 289 g/mol. The van der Waals surface area contributed by atoms with E-state index in [-0.39, 0.29) is 0 Å². The quantitative estimate of drug-likeness (QED) is 0.505. The van der Waals surface area contributed by atoms with Crippen molar-refractivity contribution in [2.45, 2.75) is 13.8 Å². The van der Waals surface area contributed by atoms with Gasteiger partial charge in [0, 0.05) is 35.6 Å². The molecule has 0 spiro atoms. The van der Waals surface area contributed by atoms with Crippen molar-refractivity contribution in [2.24, 2.45) is 7.05 Å². The second-order valence-electron chi connectivity index (χ2n) is 5.77. The molecule has 0 saturated carbocycles. The molecule has 4 heteroatoms. The number of benzene rings is 1. The summed E-state index contributed by atoms with van der Waals surface area (Å²) in [6.45, 7) is 4.25. The summed E-state index contributed by atoms with van der Waals surface area (Å²) < 4.78 is 4.15. The number of hydrogen-bond acceptors (Lipinski definition) is 2. The number of aromatic nitrogens is 4. The maximum Gasteiger partial charge on any atom is 0.234 e. The van der Waals surface area contributed by atoms with Crippen LogP contribution < -0.4 is 4.57 Å². The van der Waals surface area contributed by atoms with Crippen molar-refractivity contribution in [3.05, 3.63) is 60.2 Å². The lowest BCUT2D eigenvalue weighted by molar-refractivity contribution is -0.660. The van der Waals surface area contributed by atoms with Gasteiger partial charge in [0.05, 0.1) is 11.1 Å². The summed E-state index contributed by atoms with van der Waals surface area (Å²) in [5.74, 6) is 0.732. The van der Waals surface area contributed by atoms with E-state index in [2.05, 4.69) is 72.1 Å². The molecule has 3 heterocycles. The van der Waals surface area contributed by atoms with Gasteiger partial charge in [0.2, 0.25) is 11.5 Å².